The molecule has 0 aliphatic heterocycles. The Morgan fingerprint density at radius 1 is 1.44 bits per heavy atom. The van der Waals surface area contributed by atoms with Gasteiger partial charge in [-0.25, -0.2) is 0 Å². The zero-order valence-electron chi connectivity index (χ0n) is 9.26. The Balaban J connectivity index is 3.04. The summed E-state index contributed by atoms with van der Waals surface area (Å²) >= 11 is 11.9. The zero-order valence-corrected chi connectivity index (χ0v) is 10.8. The summed E-state index contributed by atoms with van der Waals surface area (Å²) in [5, 5.41) is 10.1. The lowest BCUT2D eigenvalue weighted by molar-refractivity contribution is -0.148. The van der Waals surface area contributed by atoms with Gasteiger partial charge in [0.05, 0.1) is 15.5 Å². The minimum Gasteiger partial charge on any atom is -0.481 e. The molecule has 0 amide bonds. The van der Waals surface area contributed by atoms with E-state index in [0.29, 0.717) is 22.9 Å². The van der Waals surface area contributed by atoms with Gasteiger partial charge in [0.1, 0.15) is 0 Å². The van der Waals surface area contributed by atoms with E-state index in [9.17, 15) is 9.90 Å². The normalized spacial score (nSPS) is 14.5. The highest BCUT2D eigenvalue weighted by atomic mass is 35.5. The number of hydrogen-bond acceptors (Lipinski definition) is 1. The summed E-state index contributed by atoms with van der Waals surface area (Å²) in [4.78, 5) is 11.2. The standard InChI is InChI=1S/C12H14Cl2O2/c1-3-12(2,11(15)16)7-8-5-4-6-9(13)10(8)14/h4-6H,3,7H2,1-2H3,(H,15,16). The van der Waals surface area contributed by atoms with Crippen molar-refractivity contribution in [3.63, 3.8) is 0 Å². The molecule has 0 fully saturated rings. The zero-order chi connectivity index (χ0) is 12.3. The molecule has 0 bridgehead atoms. The first-order valence-corrected chi connectivity index (χ1v) is 5.82. The molecular weight excluding hydrogens is 247 g/mol. The monoisotopic (exact) mass is 260 g/mol. The van der Waals surface area contributed by atoms with Crippen LogP contribution in [0.3, 0.4) is 0 Å². The van der Waals surface area contributed by atoms with E-state index in [1.54, 1.807) is 19.1 Å². The minimum absolute atomic E-state index is 0.387. The summed E-state index contributed by atoms with van der Waals surface area (Å²) in [5.41, 5.74) is -0.0187. The number of benzene rings is 1. The van der Waals surface area contributed by atoms with Crippen LogP contribution >= 0.6 is 23.2 Å². The van der Waals surface area contributed by atoms with Crippen LogP contribution in [0.25, 0.3) is 0 Å². The molecular formula is C12H14Cl2O2. The molecule has 88 valence electrons. The molecule has 2 nitrogen and oxygen atoms in total. The number of rotatable bonds is 4. The quantitative estimate of drug-likeness (QED) is 0.888. The lowest BCUT2D eigenvalue weighted by Crippen LogP contribution is -2.29. The van der Waals surface area contributed by atoms with Crippen molar-refractivity contribution >= 4 is 29.2 Å². The van der Waals surface area contributed by atoms with Gasteiger partial charge in [0, 0.05) is 0 Å². The van der Waals surface area contributed by atoms with Gasteiger partial charge in [-0.3, -0.25) is 4.79 Å². The van der Waals surface area contributed by atoms with Crippen LogP contribution in [0.4, 0.5) is 0 Å². The number of carboxylic acid groups (broad SMARTS) is 1. The van der Waals surface area contributed by atoms with Gasteiger partial charge in [-0.2, -0.15) is 0 Å². The van der Waals surface area contributed by atoms with Crippen molar-refractivity contribution in [2.24, 2.45) is 5.41 Å². The molecule has 1 rings (SSSR count). The van der Waals surface area contributed by atoms with E-state index in [1.165, 1.54) is 0 Å². The highest BCUT2D eigenvalue weighted by Gasteiger charge is 2.32. The van der Waals surface area contributed by atoms with Crippen molar-refractivity contribution in [3.8, 4) is 0 Å². The summed E-state index contributed by atoms with van der Waals surface area (Å²) in [6.45, 7) is 3.57. The molecule has 1 aromatic rings. The third-order valence-electron chi connectivity index (χ3n) is 2.91. The van der Waals surface area contributed by atoms with Crippen LogP contribution in [0, 0.1) is 5.41 Å². The van der Waals surface area contributed by atoms with Crippen molar-refractivity contribution < 1.29 is 9.90 Å². The molecule has 16 heavy (non-hydrogen) atoms. The van der Waals surface area contributed by atoms with Crippen molar-refractivity contribution in [3.05, 3.63) is 33.8 Å². The Morgan fingerprint density at radius 3 is 2.56 bits per heavy atom. The van der Waals surface area contributed by atoms with Crippen LogP contribution in [0.1, 0.15) is 25.8 Å². The largest absolute Gasteiger partial charge is 0.481 e. The Bertz CT molecular complexity index is 404. The van der Waals surface area contributed by atoms with Gasteiger partial charge in [0.2, 0.25) is 0 Å². The van der Waals surface area contributed by atoms with Gasteiger partial charge in [-0.15, -0.1) is 0 Å². The van der Waals surface area contributed by atoms with E-state index in [4.69, 9.17) is 23.2 Å². The third-order valence-corrected chi connectivity index (χ3v) is 3.77. The lowest BCUT2D eigenvalue weighted by atomic mass is 9.81. The Labute approximate surface area is 105 Å². The van der Waals surface area contributed by atoms with Crippen LogP contribution in [-0.2, 0) is 11.2 Å². The summed E-state index contributed by atoms with van der Waals surface area (Å²) in [6, 6.07) is 5.28. The summed E-state index contributed by atoms with van der Waals surface area (Å²) in [7, 11) is 0. The van der Waals surface area contributed by atoms with Gasteiger partial charge < -0.3 is 5.11 Å². The summed E-state index contributed by atoms with van der Waals surface area (Å²) in [5.74, 6) is -0.814. The smallest absolute Gasteiger partial charge is 0.309 e. The van der Waals surface area contributed by atoms with Crippen molar-refractivity contribution in [1.29, 1.82) is 0 Å². The predicted molar refractivity (Wildman–Crippen MR) is 66.2 cm³/mol. The summed E-state index contributed by atoms with van der Waals surface area (Å²) < 4.78 is 0. The number of carboxylic acids is 1. The van der Waals surface area contributed by atoms with Gasteiger partial charge in [0.25, 0.3) is 0 Å². The first-order valence-electron chi connectivity index (χ1n) is 5.07. The molecule has 1 unspecified atom stereocenters. The fourth-order valence-electron chi connectivity index (χ4n) is 1.46. The summed E-state index contributed by atoms with van der Waals surface area (Å²) in [6.07, 6.45) is 0.934. The molecule has 1 atom stereocenters. The lowest BCUT2D eigenvalue weighted by Gasteiger charge is -2.23. The van der Waals surface area contributed by atoms with E-state index in [1.807, 2.05) is 13.0 Å². The maximum Gasteiger partial charge on any atom is 0.309 e. The van der Waals surface area contributed by atoms with Gasteiger partial charge in [-0.1, -0.05) is 42.3 Å². The second-order valence-corrected chi connectivity index (χ2v) is 4.89. The van der Waals surface area contributed by atoms with Crippen LogP contribution in [0.2, 0.25) is 10.0 Å². The molecule has 1 aromatic carbocycles. The molecule has 0 saturated heterocycles. The number of aliphatic carboxylic acids is 1. The molecule has 0 saturated carbocycles. The number of halogens is 2. The first kappa shape index (κ1) is 13.3. The van der Waals surface area contributed by atoms with Crippen LogP contribution in [0.15, 0.2) is 18.2 Å². The highest BCUT2D eigenvalue weighted by molar-refractivity contribution is 6.42. The molecule has 0 aromatic heterocycles. The maximum atomic E-state index is 11.2. The Hall–Kier alpha value is -0.730. The third kappa shape index (κ3) is 2.69. The molecule has 0 radical (unpaired) electrons. The highest BCUT2D eigenvalue weighted by Crippen LogP contribution is 2.33. The van der Waals surface area contributed by atoms with Crippen LogP contribution in [-0.4, -0.2) is 11.1 Å². The van der Waals surface area contributed by atoms with Gasteiger partial charge in [0.15, 0.2) is 0 Å². The Kier molecular flexibility index (Phi) is 4.22. The second-order valence-electron chi connectivity index (χ2n) is 4.11. The van der Waals surface area contributed by atoms with Crippen molar-refractivity contribution in [2.75, 3.05) is 0 Å². The Morgan fingerprint density at radius 2 is 2.06 bits per heavy atom. The molecule has 0 aliphatic carbocycles. The first-order chi connectivity index (χ1) is 7.40. The van der Waals surface area contributed by atoms with Crippen molar-refractivity contribution in [2.45, 2.75) is 26.7 Å². The SMILES string of the molecule is CCC(C)(Cc1cccc(Cl)c1Cl)C(=O)O. The predicted octanol–water partition coefficient (Wildman–Crippen LogP) is 4.04. The molecule has 0 spiro atoms. The molecule has 1 N–H and O–H groups in total. The van der Waals surface area contributed by atoms with Gasteiger partial charge >= 0.3 is 5.97 Å². The maximum absolute atomic E-state index is 11.2. The fourth-order valence-corrected chi connectivity index (χ4v) is 1.84. The van der Waals surface area contributed by atoms with E-state index < -0.39 is 11.4 Å². The number of hydrogen-bond donors (Lipinski definition) is 1. The van der Waals surface area contributed by atoms with E-state index >= 15 is 0 Å². The molecule has 0 heterocycles. The average molecular weight is 261 g/mol. The van der Waals surface area contributed by atoms with Gasteiger partial charge in [-0.05, 0) is 31.4 Å². The van der Waals surface area contributed by atoms with E-state index in [0.717, 1.165) is 5.56 Å². The minimum atomic E-state index is -0.814. The van der Waals surface area contributed by atoms with E-state index in [-0.39, 0.29) is 0 Å². The number of carbonyl (C=O) groups is 1. The van der Waals surface area contributed by atoms with Crippen molar-refractivity contribution in [1.82, 2.24) is 0 Å². The van der Waals surface area contributed by atoms with E-state index in [2.05, 4.69) is 0 Å². The second kappa shape index (κ2) is 5.07. The topological polar surface area (TPSA) is 37.3 Å². The van der Waals surface area contributed by atoms with Crippen LogP contribution < -0.4 is 0 Å². The molecule has 4 heteroatoms. The average Bonchev–Trinajstić information content (AvgIpc) is 2.24. The fraction of sp³-hybridized carbons (Fsp3) is 0.417. The molecule has 0 aliphatic rings. The van der Waals surface area contributed by atoms with Crippen LogP contribution in [0.5, 0.6) is 0 Å².